The molecule has 0 saturated heterocycles. The molecule has 7 heteroatoms. The Morgan fingerprint density at radius 3 is 2.25 bits per heavy atom. The van der Waals surface area contributed by atoms with Crippen LogP contribution >= 0.6 is 0 Å². The highest BCUT2D eigenvalue weighted by Gasteiger charge is 2.14. The molecule has 0 heterocycles. The van der Waals surface area contributed by atoms with E-state index in [1.165, 1.54) is 12.1 Å². The number of benzene rings is 1. The van der Waals surface area contributed by atoms with Gasteiger partial charge in [0.05, 0.1) is 4.90 Å². The van der Waals surface area contributed by atoms with Crippen molar-refractivity contribution in [3.63, 3.8) is 0 Å². The summed E-state index contributed by atoms with van der Waals surface area (Å²) in [5, 5.41) is 8.34. The Morgan fingerprint density at radius 1 is 1.31 bits per heavy atom. The van der Waals surface area contributed by atoms with Gasteiger partial charge in [-0.3, -0.25) is 4.79 Å². The summed E-state index contributed by atoms with van der Waals surface area (Å²) >= 11 is 0. The Kier molecular flexibility index (Phi) is 5.09. The normalized spacial score (nSPS) is 10.6. The number of sulfonamides is 1. The Hall–Kier alpha value is -1.44. The third kappa shape index (κ3) is 3.97. The van der Waals surface area contributed by atoms with Gasteiger partial charge in [0.25, 0.3) is 0 Å². The molecule has 0 aliphatic rings. The molecule has 0 aliphatic heterocycles. The number of carbonyl (C=O) groups is 1. The van der Waals surface area contributed by atoms with E-state index in [4.69, 9.17) is 5.11 Å². The molecule has 0 amide bonds. The second-order valence-corrected chi connectivity index (χ2v) is 4.80. The van der Waals surface area contributed by atoms with Crippen LogP contribution in [-0.2, 0) is 14.8 Å². The van der Waals surface area contributed by atoms with E-state index in [1.54, 1.807) is 12.1 Å². The molecule has 0 bridgehead atoms. The summed E-state index contributed by atoms with van der Waals surface area (Å²) in [6, 6.07) is 6.16. The number of carboxylic acid groups (broad SMARTS) is 1. The van der Waals surface area contributed by atoms with Gasteiger partial charge in [0, 0.05) is 0 Å². The number of hydrogen-bond donors (Lipinski definition) is 2. The fourth-order valence-electron chi connectivity index (χ4n) is 0.958. The molecule has 0 atom stereocenters. The van der Waals surface area contributed by atoms with Crippen LogP contribution in [0.4, 0.5) is 0 Å². The second kappa shape index (κ2) is 5.59. The van der Waals surface area contributed by atoms with Gasteiger partial charge < -0.3 is 10.6 Å². The Balaban J connectivity index is 0.00000225. The van der Waals surface area contributed by atoms with Gasteiger partial charge >= 0.3 is 5.97 Å². The van der Waals surface area contributed by atoms with Gasteiger partial charge in [-0.2, -0.15) is 4.72 Å². The van der Waals surface area contributed by atoms with Crippen molar-refractivity contribution in [3.05, 3.63) is 29.8 Å². The molecule has 0 unspecified atom stereocenters. The van der Waals surface area contributed by atoms with Crippen molar-refractivity contribution >= 4 is 16.0 Å². The predicted octanol–water partition coefficient (Wildman–Crippen LogP) is -0.467. The van der Waals surface area contributed by atoms with Crippen LogP contribution in [0.3, 0.4) is 0 Å². The van der Waals surface area contributed by atoms with E-state index in [0.717, 1.165) is 5.56 Å². The van der Waals surface area contributed by atoms with Crippen molar-refractivity contribution in [1.29, 1.82) is 0 Å². The van der Waals surface area contributed by atoms with Crippen molar-refractivity contribution < 1.29 is 23.8 Å². The van der Waals surface area contributed by atoms with Crippen molar-refractivity contribution in [2.45, 2.75) is 11.8 Å². The number of rotatable bonds is 4. The molecule has 0 aromatic heterocycles. The summed E-state index contributed by atoms with van der Waals surface area (Å²) < 4.78 is 24.9. The average Bonchev–Trinajstić information content (AvgIpc) is 2.16. The molecule has 1 aromatic rings. The van der Waals surface area contributed by atoms with Crippen LogP contribution in [0.1, 0.15) is 5.56 Å². The van der Waals surface area contributed by atoms with Crippen LogP contribution in [0.25, 0.3) is 0 Å². The van der Waals surface area contributed by atoms with E-state index < -0.39 is 22.5 Å². The van der Waals surface area contributed by atoms with Crippen LogP contribution in [0.2, 0.25) is 0 Å². The first-order valence-corrected chi connectivity index (χ1v) is 5.68. The van der Waals surface area contributed by atoms with Crippen LogP contribution in [-0.4, -0.2) is 31.5 Å². The molecule has 0 spiro atoms. The summed E-state index contributed by atoms with van der Waals surface area (Å²) in [5.41, 5.74) is 0.937. The lowest BCUT2D eigenvalue weighted by molar-refractivity contribution is -0.135. The molecule has 16 heavy (non-hydrogen) atoms. The maximum Gasteiger partial charge on any atom is 0.318 e. The molecule has 1 rings (SSSR count). The smallest absolute Gasteiger partial charge is 0.318 e. The first-order chi connectivity index (χ1) is 6.92. The number of nitrogens with one attached hydrogen (secondary N) is 1. The lowest BCUT2D eigenvalue weighted by atomic mass is 10.2. The minimum absolute atomic E-state index is 0. The lowest BCUT2D eigenvalue weighted by Crippen LogP contribution is -2.29. The molecule has 0 aliphatic carbocycles. The highest BCUT2D eigenvalue weighted by molar-refractivity contribution is 7.89. The summed E-state index contributed by atoms with van der Waals surface area (Å²) in [4.78, 5) is 10.3. The van der Waals surface area contributed by atoms with Gasteiger partial charge in [-0.25, -0.2) is 8.42 Å². The standard InChI is InChI=1S/C9H11NO4S.H2O/c1-7-2-4-8(5-3-7)15(13,14)10-6-9(11)12;/h2-5,10H,6H2,1H3,(H,11,12);1H2. The van der Waals surface area contributed by atoms with Crippen molar-refractivity contribution in [2.24, 2.45) is 0 Å². The van der Waals surface area contributed by atoms with Gasteiger partial charge in [0.1, 0.15) is 6.54 Å². The lowest BCUT2D eigenvalue weighted by Gasteiger charge is -2.04. The summed E-state index contributed by atoms with van der Waals surface area (Å²) in [6.07, 6.45) is 0. The Labute approximate surface area is 93.3 Å². The molecule has 90 valence electrons. The first kappa shape index (κ1) is 14.6. The van der Waals surface area contributed by atoms with E-state index in [-0.39, 0.29) is 10.4 Å². The summed E-state index contributed by atoms with van der Waals surface area (Å²) in [6.45, 7) is 1.22. The largest absolute Gasteiger partial charge is 0.480 e. The maximum atomic E-state index is 11.5. The van der Waals surface area contributed by atoms with Crippen molar-refractivity contribution in [3.8, 4) is 0 Å². The second-order valence-electron chi connectivity index (χ2n) is 3.03. The van der Waals surface area contributed by atoms with Crippen molar-refractivity contribution in [1.82, 2.24) is 4.72 Å². The highest BCUT2D eigenvalue weighted by atomic mass is 32.2. The molecule has 1 aromatic carbocycles. The zero-order valence-electron chi connectivity index (χ0n) is 8.60. The van der Waals surface area contributed by atoms with Gasteiger partial charge in [0.15, 0.2) is 0 Å². The SMILES string of the molecule is Cc1ccc(S(=O)(=O)NCC(=O)O)cc1.O. The van der Waals surface area contributed by atoms with Crippen LogP contribution < -0.4 is 4.72 Å². The third-order valence-electron chi connectivity index (χ3n) is 1.74. The minimum Gasteiger partial charge on any atom is -0.480 e. The van der Waals surface area contributed by atoms with E-state index in [2.05, 4.69) is 0 Å². The highest BCUT2D eigenvalue weighted by Crippen LogP contribution is 2.09. The molecule has 0 saturated carbocycles. The van der Waals surface area contributed by atoms with Gasteiger partial charge in [-0.15, -0.1) is 0 Å². The topological polar surface area (TPSA) is 115 Å². The molecular formula is C9H13NO5S. The monoisotopic (exact) mass is 247 g/mol. The van der Waals surface area contributed by atoms with Gasteiger partial charge in [-0.05, 0) is 19.1 Å². The quantitative estimate of drug-likeness (QED) is 0.748. The van der Waals surface area contributed by atoms with E-state index in [9.17, 15) is 13.2 Å². The van der Waals surface area contributed by atoms with Crippen LogP contribution in [0.15, 0.2) is 29.2 Å². The average molecular weight is 247 g/mol. The van der Waals surface area contributed by atoms with Crippen molar-refractivity contribution in [2.75, 3.05) is 6.54 Å². The molecule has 6 nitrogen and oxygen atoms in total. The number of carboxylic acids is 1. The van der Waals surface area contributed by atoms with Crippen LogP contribution in [0.5, 0.6) is 0 Å². The van der Waals surface area contributed by atoms with Gasteiger partial charge in [0.2, 0.25) is 10.0 Å². The maximum absolute atomic E-state index is 11.5. The number of aliphatic carboxylic acids is 1. The summed E-state index contributed by atoms with van der Waals surface area (Å²) in [5.74, 6) is -1.22. The third-order valence-corrected chi connectivity index (χ3v) is 3.16. The van der Waals surface area contributed by atoms with Gasteiger partial charge in [-0.1, -0.05) is 17.7 Å². The Bertz CT molecular complexity index is 451. The minimum atomic E-state index is -3.70. The van der Waals surface area contributed by atoms with Crippen LogP contribution in [0, 0.1) is 6.92 Å². The molecule has 0 fully saturated rings. The van der Waals surface area contributed by atoms with E-state index in [1.807, 2.05) is 11.6 Å². The number of aryl methyl sites for hydroxylation is 1. The molecule has 4 N–H and O–H groups in total. The zero-order valence-corrected chi connectivity index (χ0v) is 9.41. The number of hydrogen-bond acceptors (Lipinski definition) is 3. The van der Waals surface area contributed by atoms with E-state index >= 15 is 0 Å². The Morgan fingerprint density at radius 2 is 1.81 bits per heavy atom. The summed E-state index contributed by atoms with van der Waals surface area (Å²) in [7, 11) is -3.70. The first-order valence-electron chi connectivity index (χ1n) is 4.20. The molecule has 0 radical (unpaired) electrons. The molecular weight excluding hydrogens is 234 g/mol. The van der Waals surface area contributed by atoms with E-state index in [0.29, 0.717) is 0 Å². The zero-order chi connectivity index (χ0) is 11.5. The fourth-order valence-corrected chi connectivity index (χ4v) is 1.93. The fraction of sp³-hybridized carbons (Fsp3) is 0.222. The predicted molar refractivity (Wildman–Crippen MR) is 57.6 cm³/mol.